The summed E-state index contributed by atoms with van der Waals surface area (Å²) in [5.74, 6) is 0.601. The van der Waals surface area contributed by atoms with Crippen LogP contribution in [0.1, 0.15) is 50.0 Å². The molecule has 0 fully saturated rings. The van der Waals surface area contributed by atoms with Gasteiger partial charge in [0.25, 0.3) is 0 Å². The number of aromatic amines is 1. The van der Waals surface area contributed by atoms with Gasteiger partial charge in [0.1, 0.15) is 5.82 Å². The molecule has 1 atom stereocenters. The summed E-state index contributed by atoms with van der Waals surface area (Å²) in [6.07, 6.45) is 7.41. The van der Waals surface area contributed by atoms with Crippen LogP contribution in [0, 0.1) is 0 Å². The maximum atomic E-state index is 12.1. The summed E-state index contributed by atoms with van der Waals surface area (Å²) in [5.41, 5.74) is 1.03. The molecule has 0 bridgehead atoms. The minimum atomic E-state index is -0.0162. The fourth-order valence-electron chi connectivity index (χ4n) is 2.19. The number of aromatic nitrogens is 4. The van der Waals surface area contributed by atoms with Gasteiger partial charge in [0.2, 0.25) is 11.2 Å². The number of H-pyrrole nitrogens is 1. The van der Waals surface area contributed by atoms with Crippen LogP contribution in [0.25, 0.3) is 0 Å². The Morgan fingerprint density at radius 3 is 3.00 bits per heavy atom. The van der Waals surface area contributed by atoms with Gasteiger partial charge in [-0.1, -0.05) is 25.8 Å². The molecule has 0 aliphatic heterocycles. The molecule has 1 amide bonds. The number of amides is 1. The van der Waals surface area contributed by atoms with Crippen LogP contribution >= 0.6 is 11.6 Å². The van der Waals surface area contributed by atoms with Gasteiger partial charge >= 0.3 is 0 Å². The van der Waals surface area contributed by atoms with Gasteiger partial charge in [-0.15, -0.1) is 5.10 Å². The van der Waals surface area contributed by atoms with Crippen molar-refractivity contribution in [2.45, 2.75) is 45.1 Å². The maximum absolute atomic E-state index is 12.1. The van der Waals surface area contributed by atoms with Gasteiger partial charge < -0.3 is 5.32 Å². The molecule has 0 spiro atoms. The molecule has 0 unspecified atom stereocenters. The largest absolute Gasteiger partial charge is 0.349 e. The lowest BCUT2D eigenvalue weighted by Crippen LogP contribution is -2.29. The molecule has 2 heterocycles. The molecule has 118 valence electrons. The first-order chi connectivity index (χ1) is 10.7. The lowest BCUT2D eigenvalue weighted by molar-refractivity contribution is -0.121. The number of hydrogen-bond donors (Lipinski definition) is 2. The second-order valence-electron chi connectivity index (χ2n) is 5.10. The van der Waals surface area contributed by atoms with E-state index in [-0.39, 0.29) is 17.2 Å². The summed E-state index contributed by atoms with van der Waals surface area (Å²) in [4.78, 5) is 20.2. The highest BCUT2D eigenvalue weighted by molar-refractivity contribution is 6.28. The van der Waals surface area contributed by atoms with E-state index in [1.54, 1.807) is 12.4 Å². The van der Waals surface area contributed by atoms with E-state index in [0.717, 1.165) is 24.8 Å². The number of halogens is 1. The first-order valence-corrected chi connectivity index (χ1v) is 7.83. The minimum absolute atomic E-state index is 0.000496. The molecular formula is C15H20ClN5O. The molecule has 2 aromatic rings. The van der Waals surface area contributed by atoms with Gasteiger partial charge in [-0.25, -0.2) is 4.98 Å². The highest BCUT2D eigenvalue weighted by atomic mass is 35.5. The molecule has 2 rings (SSSR count). The van der Waals surface area contributed by atoms with Gasteiger partial charge in [-0.3, -0.25) is 14.9 Å². The third-order valence-corrected chi connectivity index (χ3v) is 3.53. The molecule has 0 saturated heterocycles. The number of carbonyl (C=O) groups is 1. The molecule has 2 N–H and O–H groups in total. The highest BCUT2D eigenvalue weighted by Gasteiger charge is 2.14. The zero-order valence-corrected chi connectivity index (χ0v) is 13.3. The van der Waals surface area contributed by atoms with E-state index in [0.29, 0.717) is 18.7 Å². The lowest BCUT2D eigenvalue weighted by atomic mass is 10.0. The van der Waals surface area contributed by atoms with Crippen LogP contribution in [-0.2, 0) is 11.2 Å². The quantitative estimate of drug-likeness (QED) is 0.783. The van der Waals surface area contributed by atoms with Crippen molar-refractivity contribution in [3.8, 4) is 0 Å². The summed E-state index contributed by atoms with van der Waals surface area (Å²) in [6.45, 7) is 2.13. The normalized spacial score (nSPS) is 12.1. The first kappa shape index (κ1) is 16.4. The molecule has 7 heteroatoms. The molecule has 0 aromatic carbocycles. The molecule has 6 nitrogen and oxygen atoms in total. The van der Waals surface area contributed by atoms with E-state index in [1.807, 2.05) is 12.1 Å². The van der Waals surface area contributed by atoms with E-state index in [1.165, 1.54) is 0 Å². The monoisotopic (exact) mass is 321 g/mol. The zero-order chi connectivity index (χ0) is 15.8. The first-order valence-electron chi connectivity index (χ1n) is 7.45. The predicted molar refractivity (Wildman–Crippen MR) is 84.4 cm³/mol. The molecule has 0 radical (unpaired) electrons. The van der Waals surface area contributed by atoms with Gasteiger partial charge in [0.05, 0.1) is 6.04 Å². The molecule has 22 heavy (non-hydrogen) atoms. The van der Waals surface area contributed by atoms with Crippen molar-refractivity contribution >= 4 is 17.5 Å². The van der Waals surface area contributed by atoms with Crippen LogP contribution in [0.15, 0.2) is 24.5 Å². The SMILES string of the molecule is CCCC[C@@H](NC(=O)CCc1nc(Cl)n[nH]1)c1cccnc1. The van der Waals surface area contributed by atoms with E-state index in [4.69, 9.17) is 11.6 Å². The fourth-order valence-corrected chi connectivity index (χ4v) is 2.34. The number of unbranched alkanes of at least 4 members (excludes halogenated alkanes) is 1. The summed E-state index contributed by atoms with van der Waals surface area (Å²) in [7, 11) is 0. The van der Waals surface area contributed by atoms with E-state index < -0.39 is 0 Å². The molecule has 0 aliphatic carbocycles. The number of nitrogens with one attached hydrogen (secondary N) is 2. The molecular weight excluding hydrogens is 302 g/mol. The lowest BCUT2D eigenvalue weighted by Gasteiger charge is -2.18. The third kappa shape index (κ3) is 5.11. The summed E-state index contributed by atoms with van der Waals surface area (Å²) in [5, 5.41) is 9.67. The van der Waals surface area contributed by atoms with E-state index in [9.17, 15) is 4.79 Å². The van der Waals surface area contributed by atoms with E-state index >= 15 is 0 Å². The zero-order valence-electron chi connectivity index (χ0n) is 12.6. The number of carbonyl (C=O) groups excluding carboxylic acids is 1. The second kappa shape index (κ2) is 8.48. The minimum Gasteiger partial charge on any atom is -0.349 e. The van der Waals surface area contributed by atoms with Crippen molar-refractivity contribution < 1.29 is 4.79 Å². The average molecular weight is 322 g/mol. The van der Waals surface area contributed by atoms with Gasteiger partial charge in [0.15, 0.2) is 0 Å². The average Bonchev–Trinajstić information content (AvgIpc) is 2.96. The summed E-state index contributed by atoms with van der Waals surface area (Å²) >= 11 is 5.64. The highest BCUT2D eigenvalue weighted by Crippen LogP contribution is 2.18. The van der Waals surface area contributed by atoms with Crippen LogP contribution < -0.4 is 5.32 Å². The van der Waals surface area contributed by atoms with Crippen LogP contribution in [-0.4, -0.2) is 26.1 Å². The topological polar surface area (TPSA) is 83.6 Å². The van der Waals surface area contributed by atoms with Crippen molar-refractivity contribution in [3.63, 3.8) is 0 Å². The Kier molecular flexibility index (Phi) is 6.33. The molecule has 0 aliphatic rings. The Morgan fingerprint density at radius 2 is 2.36 bits per heavy atom. The number of pyridine rings is 1. The van der Waals surface area contributed by atoms with Crippen LogP contribution in [0.3, 0.4) is 0 Å². The number of aryl methyl sites for hydroxylation is 1. The third-order valence-electron chi connectivity index (χ3n) is 3.36. The van der Waals surface area contributed by atoms with Crippen molar-refractivity contribution in [3.05, 3.63) is 41.2 Å². The van der Waals surface area contributed by atoms with E-state index in [2.05, 4.69) is 32.4 Å². The second-order valence-corrected chi connectivity index (χ2v) is 5.44. The Balaban J connectivity index is 1.90. The summed E-state index contributed by atoms with van der Waals surface area (Å²) in [6, 6.07) is 3.88. The van der Waals surface area contributed by atoms with Gasteiger partial charge in [0, 0.05) is 25.2 Å². The number of nitrogens with zero attached hydrogens (tertiary/aromatic N) is 3. The smallest absolute Gasteiger partial charge is 0.242 e. The fraction of sp³-hybridized carbons (Fsp3) is 0.467. The number of rotatable bonds is 8. The van der Waals surface area contributed by atoms with Crippen LogP contribution in [0.4, 0.5) is 0 Å². The van der Waals surface area contributed by atoms with Crippen LogP contribution in [0.2, 0.25) is 5.28 Å². The maximum Gasteiger partial charge on any atom is 0.242 e. The van der Waals surface area contributed by atoms with Crippen LogP contribution in [0.5, 0.6) is 0 Å². The number of hydrogen-bond acceptors (Lipinski definition) is 4. The van der Waals surface area contributed by atoms with Crippen molar-refractivity contribution in [2.24, 2.45) is 0 Å². The Bertz CT molecular complexity index is 587. The van der Waals surface area contributed by atoms with Gasteiger partial charge in [-0.05, 0) is 29.7 Å². The standard InChI is InChI=1S/C15H20ClN5O/c1-2-3-6-12(11-5-4-9-17-10-11)18-14(22)8-7-13-19-15(16)21-20-13/h4-5,9-10,12H,2-3,6-8H2,1H3,(H,18,22)(H,19,20,21)/t12-/m1/s1. The summed E-state index contributed by atoms with van der Waals surface area (Å²) < 4.78 is 0. The Labute approximate surface area is 134 Å². The van der Waals surface area contributed by atoms with Crippen molar-refractivity contribution in [1.29, 1.82) is 0 Å². The predicted octanol–water partition coefficient (Wildman–Crippen LogP) is 2.83. The Hall–Kier alpha value is -1.95. The van der Waals surface area contributed by atoms with Crippen molar-refractivity contribution in [2.75, 3.05) is 0 Å². The molecule has 2 aromatic heterocycles. The van der Waals surface area contributed by atoms with Gasteiger partial charge in [-0.2, -0.15) is 0 Å². The Morgan fingerprint density at radius 1 is 1.50 bits per heavy atom. The van der Waals surface area contributed by atoms with Crippen molar-refractivity contribution in [1.82, 2.24) is 25.5 Å². The molecule has 0 saturated carbocycles.